The zero-order valence-corrected chi connectivity index (χ0v) is 17.1. The third-order valence-corrected chi connectivity index (χ3v) is 4.83. The van der Waals surface area contributed by atoms with Crippen molar-refractivity contribution >= 4 is 29.0 Å². The van der Waals surface area contributed by atoms with Crippen LogP contribution in [-0.2, 0) is 11.3 Å². The summed E-state index contributed by atoms with van der Waals surface area (Å²) in [6, 6.07) is 15.4. The number of aryl methyl sites for hydroxylation is 1. The molecule has 0 saturated carbocycles. The molecule has 4 rings (SSSR count). The summed E-state index contributed by atoms with van der Waals surface area (Å²) < 4.78 is 7.96. The van der Waals surface area contributed by atoms with E-state index in [0.717, 1.165) is 5.56 Å². The number of amides is 1. The van der Waals surface area contributed by atoms with E-state index in [1.807, 2.05) is 0 Å². The zero-order valence-electron chi connectivity index (χ0n) is 16.3. The molecule has 0 radical (unpaired) electrons. The van der Waals surface area contributed by atoms with Gasteiger partial charge in [0, 0.05) is 28.0 Å². The third-order valence-electron chi connectivity index (χ3n) is 4.58. The van der Waals surface area contributed by atoms with Crippen LogP contribution in [-0.4, -0.2) is 32.2 Å². The molecule has 0 bridgehead atoms. The van der Waals surface area contributed by atoms with E-state index in [1.165, 1.54) is 10.6 Å². The predicted molar refractivity (Wildman–Crippen MR) is 114 cm³/mol. The molecule has 0 aliphatic heterocycles. The Bertz CT molecular complexity index is 1280. The minimum atomic E-state index is -0.318. The molecule has 0 aliphatic rings. The van der Waals surface area contributed by atoms with E-state index < -0.39 is 0 Å². The lowest BCUT2D eigenvalue weighted by molar-refractivity contribution is -0.116. The minimum Gasteiger partial charge on any atom is -0.497 e. The number of rotatable bonds is 5. The van der Waals surface area contributed by atoms with Crippen LogP contribution in [0.3, 0.4) is 0 Å². The largest absolute Gasteiger partial charge is 0.497 e. The first-order valence-corrected chi connectivity index (χ1v) is 9.49. The first-order chi connectivity index (χ1) is 14.4. The van der Waals surface area contributed by atoms with Crippen LogP contribution in [0.1, 0.15) is 5.69 Å². The van der Waals surface area contributed by atoms with Crippen molar-refractivity contribution in [2.75, 3.05) is 12.4 Å². The van der Waals surface area contributed by atoms with E-state index in [4.69, 9.17) is 16.3 Å². The van der Waals surface area contributed by atoms with Gasteiger partial charge in [0.1, 0.15) is 12.3 Å². The number of carbonyl (C=O) groups excluding carboxylic acids is 1. The maximum absolute atomic E-state index is 12.6. The number of fused-ring (bicyclic) bond motifs is 1. The highest BCUT2D eigenvalue weighted by Crippen LogP contribution is 2.19. The maximum Gasteiger partial charge on any atom is 0.275 e. The van der Waals surface area contributed by atoms with E-state index in [2.05, 4.69) is 15.4 Å². The Hall–Kier alpha value is -3.65. The number of anilines is 1. The lowest BCUT2D eigenvalue weighted by Crippen LogP contribution is -2.25. The van der Waals surface area contributed by atoms with Gasteiger partial charge in [-0.05, 0) is 55.5 Å². The molecule has 2 aromatic carbocycles. The number of hydrogen-bond donors (Lipinski definition) is 1. The highest BCUT2D eigenvalue weighted by molar-refractivity contribution is 6.30. The van der Waals surface area contributed by atoms with Gasteiger partial charge in [0.25, 0.3) is 5.56 Å². The fraction of sp³-hybridized carbons (Fsp3) is 0.143. The van der Waals surface area contributed by atoms with Crippen LogP contribution in [0.25, 0.3) is 17.2 Å². The first-order valence-electron chi connectivity index (χ1n) is 9.11. The number of benzene rings is 2. The average molecular weight is 424 g/mol. The molecule has 2 heterocycles. The Balaban J connectivity index is 1.66. The van der Waals surface area contributed by atoms with E-state index in [0.29, 0.717) is 28.0 Å². The maximum atomic E-state index is 12.6. The van der Waals surface area contributed by atoms with Crippen LogP contribution < -0.4 is 15.6 Å². The van der Waals surface area contributed by atoms with Crippen molar-refractivity contribution in [1.29, 1.82) is 0 Å². The van der Waals surface area contributed by atoms with E-state index >= 15 is 0 Å². The van der Waals surface area contributed by atoms with Crippen molar-refractivity contribution in [3.05, 3.63) is 75.7 Å². The van der Waals surface area contributed by atoms with Crippen molar-refractivity contribution in [2.45, 2.75) is 13.5 Å². The van der Waals surface area contributed by atoms with Gasteiger partial charge in [0.2, 0.25) is 11.7 Å². The summed E-state index contributed by atoms with van der Waals surface area (Å²) in [7, 11) is 1.58. The molecule has 152 valence electrons. The molecular formula is C21H18ClN5O3. The summed E-state index contributed by atoms with van der Waals surface area (Å²) in [6.07, 6.45) is 0. The van der Waals surface area contributed by atoms with Gasteiger partial charge in [-0.3, -0.25) is 9.59 Å². The second-order valence-corrected chi connectivity index (χ2v) is 7.08. The fourth-order valence-corrected chi connectivity index (χ4v) is 3.16. The monoisotopic (exact) mass is 423 g/mol. The summed E-state index contributed by atoms with van der Waals surface area (Å²) in [5, 5.41) is 7.73. The number of nitrogens with one attached hydrogen (secondary N) is 1. The molecular weight excluding hydrogens is 406 g/mol. The van der Waals surface area contributed by atoms with Crippen molar-refractivity contribution in [3.8, 4) is 17.1 Å². The van der Waals surface area contributed by atoms with Crippen LogP contribution >= 0.6 is 11.6 Å². The predicted octanol–water partition coefficient (Wildman–Crippen LogP) is 3.17. The van der Waals surface area contributed by atoms with Gasteiger partial charge in [-0.1, -0.05) is 11.6 Å². The van der Waals surface area contributed by atoms with Gasteiger partial charge in [-0.25, -0.2) is 0 Å². The van der Waals surface area contributed by atoms with Crippen molar-refractivity contribution in [2.24, 2.45) is 0 Å². The summed E-state index contributed by atoms with van der Waals surface area (Å²) in [5.74, 6) is 1.10. The minimum absolute atomic E-state index is 0.0274. The smallest absolute Gasteiger partial charge is 0.275 e. The normalized spacial score (nSPS) is 10.9. The molecule has 0 saturated heterocycles. The number of halogens is 1. The fourth-order valence-electron chi connectivity index (χ4n) is 3.04. The van der Waals surface area contributed by atoms with Crippen LogP contribution in [0.4, 0.5) is 5.69 Å². The highest BCUT2D eigenvalue weighted by Gasteiger charge is 2.15. The second kappa shape index (κ2) is 8.00. The lowest BCUT2D eigenvalue weighted by Gasteiger charge is -2.12. The molecule has 0 unspecified atom stereocenters. The molecule has 2 aromatic heterocycles. The van der Waals surface area contributed by atoms with Crippen LogP contribution in [0, 0.1) is 6.92 Å². The lowest BCUT2D eigenvalue weighted by atomic mass is 10.2. The van der Waals surface area contributed by atoms with E-state index in [1.54, 1.807) is 67.1 Å². The van der Waals surface area contributed by atoms with Crippen molar-refractivity contribution in [1.82, 2.24) is 19.2 Å². The molecule has 0 aliphatic carbocycles. The molecule has 0 atom stereocenters. The highest BCUT2D eigenvalue weighted by atomic mass is 35.5. The molecule has 0 fully saturated rings. The quantitative estimate of drug-likeness (QED) is 0.532. The molecule has 1 amide bonds. The van der Waals surface area contributed by atoms with Gasteiger partial charge in [0.15, 0.2) is 5.82 Å². The summed E-state index contributed by atoms with van der Waals surface area (Å²) in [4.78, 5) is 29.5. The average Bonchev–Trinajstić information content (AvgIpc) is 3.18. The molecule has 9 heteroatoms. The van der Waals surface area contributed by atoms with E-state index in [9.17, 15) is 9.59 Å². The number of ether oxygens (including phenoxy) is 1. The number of aromatic nitrogens is 4. The molecule has 1 N–H and O–H groups in total. The van der Waals surface area contributed by atoms with Gasteiger partial charge < -0.3 is 14.6 Å². The Kier molecular flexibility index (Phi) is 5.24. The van der Waals surface area contributed by atoms with E-state index in [-0.39, 0.29) is 23.8 Å². The molecule has 0 spiro atoms. The number of methoxy groups -OCH3 is 1. The second-order valence-electron chi connectivity index (χ2n) is 6.64. The third kappa shape index (κ3) is 3.90. The van der Waals surface area contributed by atoms with Crippen LogP contribution in [0.15, 0.2) is 59.4 Å². The molecule has 4 aromatic rings. The van der Waals surface area contributed by atoms with Crippen molar-refractivity contribution < 1.29 is 9.53 Å². The number of carbonyl (C=O) groups is 1. The molecule has 8 nitrogen and oxygen atoms in total. The molecule has 30 heavy (non-hydrogen) atoms. The number of hydrogen-bond acceptors (Lipinski definition) is 5. The van der Waals surface area contributed by atoms with Gasteiger partial charge in [-0.2, -0.15) is 9.50 Å². The van der Waals surface area contributed by atoms with Gasteiger partial charge in [-0.15, -0.1) is 5.10 Å². The Morgan fingerprint density at radius 2 is 1.83 bits per heavy atom. The van der Waals surface area contributed by atoms with Gasteiger partial charge >= 0.3 is 0 Å². The van der Waals surface area contributed by atoms with Crippen molar-refractivity contribution in [3.63, 3.8) is 0 Å². The Labute approximate surface area is 176 Å². The topological polar surface area (TPSA) is 90.5 Å². The summed E-state index contributed by atoms with van der Waals surface area (Å²) >= 11 is 5.94. The number of nitrogens with zero attached hydrogens (tertiary/aromatic N) is 4. The van der Waals surface area contributed by atoms with Gasteiger partial charge in [0.05, 0.1) is 7.11 Å². The summed E-state index contributed by atoms with van der Waals surface area (Å²) in [6.45, 7) is 1.72. The van der Waals surface area contributed by atoms with Crippen LogP contribution in [0.5, 0.6) is 5.75 Å². The SMILES string of the molecule is COc1ccc(NC(=O)Cn2c(C)cc(=O)n3nc(-c4ccc(Cl)cc4)nc23)cc1. The standard InChI is InChI=1S/C21H18ClN5O3/c1-13-11-19(29)27-21(24-20(25-27)14-3-5-15(22)6-4-14)26(13)12-18(28)23-16-7-9-17(30-2)10-8-16/h3-11H,12H2,1-2H3,(H,23,28). The van der Waals surface area contributed by atoms with Crippen LogP contribution in [0.2, 0.25) is 5.02 Å². The zero-order chi connectivity index (χ0) is 21.3. The Morgan fingerprint density at radius 1 is 1.13 bits per heavy atom. The first kappa shape index (κ1) is 19.7. The summed E-state index contributed by atoms with van der Waals surface area (Å²) in [5.41, 5.74) is 1.64. The Morgan fingerprint density at radius 3 is 2.50 bits per heavy atom.